The number of halogens is 1. The number of amides is 1. The van der Waals surface area contributed by atoms with Gasteiger partial charge >= 0.3 is 0 Å². The third-order valence-corrected chi connectivity index (χ3v) is 5.41. The average Bonchev–Trinajstić information content (AvgIpc) is 3.09. The molecule has 2 heterocycles. The van der Waals surface area contributed by atoms with Crippen molar-refractivity contribution in [2.75, 3.05) is 25.7 Å². The lowest BCUT2D eigenvalue weighted by atomic mass is 10.1. The minimum absolute atomic E-state index is 0.00220. The van der Waals surface area contributed by atoms with Crippen LogP contribution in [0.5, 0.6) is 11.5 Å². The predicted octanol–water partition coefficient (Wildman–Crippen LogP) is 3.22. The second-order valence-electron chi connectivity index (χ2n) is 6.56. The largest absolute Gasteiger partial charge is 0.493 e. The van der Waals surface area contributed by atoms with E-state index < -0.39 is 0 Å². The molecule has 1 fully saturated rings. The average molecular weight is 444 g/mol. The molecule has 1 aromatic heterocycles. The molecule has 28 heavy (non-hydrogen) atoms. The Kier molecular flexibility index (Phi) is 4.80. The van der Waals surface area contributed by atoms with Crippen LogP contribution in [0.15, 0.2) is 45.7 Å². The fourth-order valence-corrected chi connectivity index (χ4v) is 3.70. The standard InChI is InChI=1S/C20H18BrN3O4/c1-27-16-8-14-15(9-17(16)28-2)22-19(23-20(14)26)11-7-18(25)24(10-11)13-5-3-12(21)4-6-13/h3-6,8-9,11H,7,10H2,1-2H3,(H,22,23,26)/t11-/m1/s1. The highest BCUT2D eigenvalue weighted by Crippen LogP contribution is 2.33. The van der Waals surface area contributed by atoms with Gasteiger partial charge in [-0.3, -0.25) is 9.59 Å². The molecule has 0 unspecified atom stereocenters. The van der Waals surface area contributed by atoms with Crippen LogP contribution in [-0.2, 0) is 4.79 Å². The molecule has 4 rings (SSSR count). The van der Waals surface area contributed by atoms with Crippen molar-refractivity contribution in [3.8, 4) is 11.5 Å². The summed E-state index contributed by atoms with van der Waals surface area (Å²) in [5.74, 6) is 1.27. The Labute approximate surface area is 169 Å². The van der Waals surface area contributed by atoms with Crippen LogP contribution in [0.2, 0.25) is 0 Å². The number of rotatable bonds is 4. The molecule has 1 atom stereocenters. The SMILES string of the molecule is COc1cc2nc([C@@H]3CC(=O)N(c4ccc(Br)cc4)C3)[nH]c(=O)c2cc1OC. The van der Waals surface area contributed by atoms with Crippen LogP contribution in [-0.4, -0.2) is 36.6 Å². The summed E-state index contributed by atoms with van der Waals surface area (Å²) >= 11 is 3.40. The summed E-state index contributed by atoms with van der Waals surface area (Å²) in [6.07, 6.45) is 0.289. The number of anilines is 1. The Bertz CT molecular complexity index is 1110. The van der Waals surface area contributed by atoms with Gasteiger partial charge in [-0.2, -0.15) is 0 Å². The van der Waals surface area contributed by atoms with E-state index >= 15 is 0 Å². The molecule has 0 radical (unpaired) electrons. The zero-order chi connectivity index (χ0) is 19.8. The summed E-state index contributed by atoms with van der Waals surface area (Å²) in [4.78, 5) is 34.3. The lowest BCUT2D eigenvalue weighted by molar-refractivity contribution is -0.117. The van der Waals surface area contributed by atoms with Gasteiger partial charge in [0.05, 0.1) is 25.1 Å². The number of aromatic amines is 1. The van der Waals surface area contributed by atoms with Crippen LogP contribution in [0.25, 0.3) is 10.9 Å². The molecule has 144 valence electrons. The van der Waals surface area contributed by atoms with Crippen LogP contribution >= 0.6 is 15.9 Å². The number of hydrogen-bond acceptors (Lipinski definition) is 5. The van der Waals surface area contributed by atoms with Crippen molar-refractivity contribution >= 4 is 38.4 Å². The van der Waals surface area contributed by atoms with Crippen molar-refractivity contribution < 1.29 is 14.3 Å². The molecule has 2 aromatic carbocycles. The number of nitrogens with one attached hydrogen (secondary N) is 1. The molecule has 1 amide bonds. The number of fused-ring (bicyclic) bond motifs is 1. The Morgan fingerprint density at radius 3 is 2.46 bits per heavy atom. The fourth-order valence-electron chi connectivity index (χ4n) is 3.44. The summed E-state index contributed by atoms with van der Waals surface area (Å²) in [7, 11) is 3.05. The van der Waals surface area contributed by atoms with Gasteiger partial charge in [0.25, 0.3) is 5.56 Å². The molecule has 0 spiro atoms. The van der Waals surface area contributed by atoms with Crippen LogP contribution < -0.4 is 19.9 Å². The summed E-state index contributed by atoms with van der Waals surface area (Å²) in [6, 6.07) is 10.8. The van der Waals surface area contributed by atoms with Crippen LogP contribution in [0.1, 0.15) is 18.2 Å². The number of carbonyl (C=O) groups is 1. The first-order valence-corrected chi connectivity index (χ1v) is 9.51. The molecule has 3 aromatic rings. The van der Waals surface area contributed by atoms with E-state index in [1.807, 2.05) is 24.3 Å². The minimum atomic E-state index is -0.268. The first-order valence-electron chi connectivity index (χ1n) is 8.72. The van der Waals surface area contributed by atoms with E-state index in [0.29, 0.717) is 34.8 Å². The molecular weight excluding hydrogens is 426 g/mol. The van der Waals surface area contributed by atoms with E-state index in [2.05, 4.69) is 25.9 Å². The predicted molar refractivity (Wildman–Crippen MR) is 109 cm³/mol. The van der Waals surface area contributed by atoms with Crippen molar-refractivity contribution in [2.45, 2.75) is 12.3 Å². The summed E-state index contributed by atoms with van der Waals surface area (Å²) < 4.78 is 11.5. The van der Waals surface area contributed by atoms with E-state index in [4.69, 9.17) is 9.47 Å². The summed E-state index contributed by atoms with van der Waals surface area (Å²) in [5, 5.41) is 0.412. The lowest BCUT2D eigenvalue weighted by Gasteiger charge is -2.17. The maximum atomic E-state index is 12.6. The second kappa shape index (κ2) is 7.27. The third kappa shape index (κ3) is 3.24. The fraction of sp³-hybridized carbons (Fsp3) is 0.250. The third-order valence-electron chi connectivity index (χ3n) is 4.88. The van der Waals surface area contributed by atoms with E-state index in [9.17, 15) is 9.59 Å². The highest BCUT2D eigenvalue weighted by molar-refractivity contribution is 9.10. The van der Waals surface area contributed by atoms with Gasteiger partial charge in [0.2, 0.25) is 5.91 Å². The van der Waals surface area contributed by atoms with Crippen LogP contribution in [0.3, 0.4) is 0 Å². The smallest absolute Gasteiger partial charge is 0.258 e. The van der Waals surface area contributed by atoms with Gasteiger partial charge in [-0.25, -0.2) is 4.98 Å². The normalized spacial score (nSPS) is 16.6. The van der Waals surface area contributed by atoms with Gasteiger partial charge in [0.15, 0.2) is 11.5 Å². The van der Waals surface area contributed by atoms with E-state index in [0.717, 1.165) is 10.2 Å². The lowest BCUT2D eigenvalue weighted by Crippen LogP contribution is -2.24. The molecule has 0 aliphatic carbocycles. The van der Waals surface area contributed by atoms with Gasteiger partial charge in [-0.15, -0.1) is 0 Å². The molecule has 1 aliphatic heterocycles. The number of H-pyrrole nitrogens is 1. The van der Waals surface area contributed by atoms with Crippen LogP contribution in [0.4, 0.5) is 5.69 Å². The number of carbonyl (C=O) groups excluding carboxylic acids is 1. The zero-order valence-electron chi connectivity index (χ0n) is 15.4. The Hall–Kier alpha value is -2.87. The molecule has 7 nitrogen and oxygen atoms in total. The van der Waals surface area contributed by atoms with Gasteiger partial charge in [-0.1, -0.05) is 15.9 Å². The summed E-state index contributed by atoms with van der Waals surface area (Å²) in [6.45, 7) is 0.461. The molecule has 0 bridgehead atoms. The molecule has 1 N–H and O–H groups in total. The monoisotopic (exact) mass is 443 g/mol. The van der Waals surface area contributed by atoms with Crippen molar-refractivity contribution in [1.29, 1.82) is 0 Å². The van der Waals surface area contributed by atoms with Gasteiger partial charge in [0, 0.05) is 35.1 Å². The maximum Gasteiger partial charge on any atom is 0.258 e. The number of methoxy groups -OCH3 is 2. The number of aromatic nitrogens is 2. The highest BCUT2D eigenvalue weighted by Gasteiger charge is 2.33. The first-order chi connectivity index (χ1) is 13.5. The second-order valence-corrected chi connectivity index (χ2v) is 7.47. The number of benzene rings is 2. The zero-order valence-corrected chi connectivity index (χ0v) is 16.9. The molecular formula is C20H18BrN3O4. The van der Waals surface area contributed by atoms with Gasteiger partial charge in [0.1, 0.15) is 5.82 Å². The van der Waals surface area contributed by atoms with Crippen molar-refractivity contribution in [3.05, 3.63) is 57.0 Å². The van der Waals surface area contributed by atoms with Crippen molar-refractivity contribution in [3.63, 3.8) is 0 Å². The Morgan fingerprint density at radius 2 is 1.79 bits per heavy atom. The number of nitrogens with zero attached hydrogens (tertiary/aromatic N) is 2. The minimum Gasteiger partial charge on any atom is -0.493 e. The van der Waals surface area contributed by atoms with E-state index in [1.54, 1.807) is 17.0 Å². The topological polar surface area (TPSA) is 84.5 Å². The molecule has 8 heteroatoms. The summed E-state index contributed by atoms with van der Waals surface area (Å²) in [5.41, 5.74) is 1.06. The van der Waals surface area contributed by atoms with Crippen molar-refractivity contribution in [2.24, 2.45) is 0 Å². The number of hydrogen-bond donors (Lipinski definition) is 1. The Morgan fingerprint density at radius 1 is 1.11 bits per heavy atom. The van der Waals surface area contributed by atoms with Crippen molar-refractivity contribution in [1.82, 2.24) is 9.97 Å². The Balaban J connectivity index is 1.70. The van der Waals surface area contributed by atoms with Crippen LogP contribution in [0, 0.1) is 0 Å². The van der Waals surface area contributed by atoms with Gasteiger partial charge in [-0.05, 0) is 30.3 Å². The maximum absolute atomic E-state index is 12.6. The quantitative estimate of drug-likeness (QED) is 0.668. The highest BCUT2D eigenvalue weighted by atomic mass is 79.9. The van der Waals surface area contributed by atoms with E-state index in [-0.39, 0.29) is 23.8 Å². The van der Waals surface area contributed by atoms with Gasteiger partial charge < -0.3 is 19.4 Å². The molecule has 1 saturated heterocycles. The first kappa shape index (κ1) is 18.5. The number of ether oxygens (including phenoxy) is 2. The van der Waals surface area contributed by atoms with E-state index in [1.165, 1.54) is 14.2 Å². The molecule has 1 aliphatic rings. The molecule has 0 saturated carbocycles.